The van der Waals surface area contributed by atoms with Gasteiger partial charge in [0.1, 0.15) is 28.2 Å². The van der Waals surface area contributed by atoms with E-state index in [-0.39, 0.29) is 11.9 Å². The molecule has 11 heteroatoms. The van der Waals surface area contributed by atoms with Crippen LogP contribution in [0, 0.1) is 0 Å². The van der Waals surface area contributed by atoms with Crippen LogP contribution in [0.15, 0.2) is 18.2 Å². The molecule has 1 N–H and O–H groups in total. The lowest BCUT2D eigenvalue weighted by molar-refractivity contribution is 0.138. The lowest BCUT2D eigenvalue weighted by atomic mass is 9.96. The van der Waals surface area contributed by atoms with Crippen LogP contribution < -0.4 is 9.64 Å². The Kier molecular flexibility index (Phi) is 7.82. The third kappa shape index (κ3) is 5.31. The molecule has 1 aliphatic heterocycles. The standard InChI is InChI=1S/C20H31N2O6PS2/c1-20(2)13-15-9-8-12-17(18(15)28-20)21(19(23)24)14-31(25)22(29(30,26-3)27-4)16-10-6-5-7-11-16/h8-9,12,16H,5-7,10-11,13-14H2,1-4H3,(H,23,24). The Balaban J connectivity index is 1.93. The SMILES string of the molecule is COP(=S)(OC)N(C1CCCCC1)S(=O)CN(C(=O)O)c1cccc2c1OC(C)(C)C2. The number of hydrogen-bond acceptors (Lipinski definition) is 6. The average molecular weight is 491 g/mol. The Hall–Kier alpha value is -1.03. The van der Waals surface area contributed by atoms with Gasteiger partial charge in [-0.1, -0.05) is 31.4 Å². The second-order valence-electron chi connectivity index (χ2n) is 8.39. The summed E-state index contributed by atoms with van der Waals surface area (Å²) in [6.07, 6.45) is 4.22. The molecule has 174 valence electrons. The number of rotatable bonds is 8. The van der Waals surface area contributed by atoms with Crippen molar-refractivity contribution in [1.82, 2.24) is 4.08 Å². The van der Waals surface area contributed by atoms with E-state index in [2.05, 4.69) is 0 Å². The first kappa shape index (κ1) is 24.6. The van der Waals surface area contributed by atoms with E-state index in [0.29, 0.717) is 17.9 Å². The number of amides is 1. The molecule has 2 aliphatic rings. The van der Waals surface area contributed by atoms with Crippen molar-refractivity contribution >= 4 is 41.2 Å². The lowest BCUT2D eigenvalue weighted by Crippen LogP contribution is -2.42. The van der Waals surface area contributed by atoms with Crippen LogP contribution in [0.25, 0.3) is 0 Å². The van der Waals surface area contributed by atoms with E-state index >= 15 is 0 Å². The summed E-state index contributed by atoms with van der Waals surface area (Å²) in [5.74, 6) is 0.242. The van der Waals surface area contributed by atoms with E-state index in [4.69, 9.17) is 25.6 Å². The summed E-state index contributed by atoms with van der Waals surface area (Å²) < 4.78 is 32.3. The quantitative estimate of drug-likeness (QED) is 0.530. The minimum Gasteiger partial charge on any atom is -0.485 e. The molecule has 0 radical (unpaired) electrons. The topological polar surface area (TPSA) is 88.5 Å². The van der Waals surface area contributed by atoms with Gasteiger partial charge in [-0.15, -0.1) is 4.08 Å². The Morgan fingerprint density at radius 2 is 1.94 bits per heavy atom. The number of nitrogens with zero attached hydrogens (tertiary/aromatic N) is 2. The minimum absolute atomic E-state index is 0.0763. The van der Waals surface area contributed by atoms with Crippen molar-refractivity contribution in [3.8, 4) is 5.75 Å². The molecule has 0 spiro atoms. The smallest absolute Gasteiger partial charge is 0.412 e. The van der Waals surface area contributed by atoms with E-state index in [1.165, 1.54) is 14.2 Å². The van der Waals surface area contributed by atoms with Crippen molar-refractivity contribution in [2.75, 3.05) is 25.0 Å². The predicted octanol–water partition coefficient (Wildman–Crippen LogP) is 4.66. The maximum Gasteiger partial charge on any atom is 0.412 e. The van der Waals surface area contributed by atoms with Crippen LogP contribution in [-0.4, -0.2) is 51.2 Å². The van der Waals surface area contributed by atoms with Crippen LogP contribution in [0.5, 0.6) is 5.75 Å². The first-order chi connectivity index (χ1) is 14.6. The van der Waals surface area contributed by atoms with Gasteiger partial charge in [0, 0.05) is 32.2 Å². The van der Waals surface area contributed by atoms with Crippen molar-refractivity contribution in [1.29, 1.82) is 0 Å². The second-order valence-corrected chi connectivity index (χ2v) is 13.4. The third-order valence-corrected chi connectivity index (χ3v) is 11.5. The summed E-state index contributed by atoms with van der Waals surface area (Å²) in [4.78, 5) is 13.3. The van der Waals surface area contributed by atoms with Gasteiger partial charge >= 0.3 is 6.09 Å². The molecule has 1 aliphatic carbocycles. The number of benzene rings is 1. The maximum atomic E-state index is 13.6. The molecule has 1 saturated carbocycles. The third-order valence-electron chi connectivity index (χ3n) is 5.63. The molecule has 0 bridgehead atoms. The number of fused-ring (bicyclic) bond motifs is 1. The zero-order valence-electron chi connectivity index (χ0n) is 18.4. The molecule has 1 unspecified atom stereocenters. The van der Waals surface area contributed by atoms with Crippen LogP contribution in [0.2, 0.25) is 0 Å². The lowest BCUT2D eigenvalue weighted by Gasteiger charge is -2.38. The number of carbonyl (C=O) groups is 1. The monoisotopic (exact) mass is 490 g/mol. The number of anilines is 1. The van der Waals surface area contributed by atoms with Crippen molar-refractivity contribution in [2.45, 2.75) is 64.0 Å². The van der Waals surface area contributed by atoms with Crippen LogP contribution in [0.4, 0.5) is 10.5 Å². The van der Waals surface area contributed by atoms with Gasteiger partial charge in [-0.25, -0.2) is 9.00 Å². The van der Waals surface area contributed by atoms with E-state index in [1.54, 1.807) is 16.2 Å². The molecule has 31 heavy (non-hydrogen) atoms. The van der Waals surface area contributed by atoms with E-state index < -0.39 is 29.3 Å². The van der Waals surface area contributed by atoms with Crippen LogP contribution in [0.3, 0.4) is 0 Å². The number of carboxylic acid groups (broad SMARTS) is 1. The maximum absolute atomic E-state index is 13.6. The fraction of sp³-hybridized carbons (Fsp3) is 0.650. The summed E-state index contributed by atoms with van der Waals surface area (Å²) in [5.41, 5.74) is 0.891. The molecule has 1 atom stereocenters. The van der Waals surface area contributed by atoms with E-state index in [9.17, 15) is 14.1 Å². The summed E-state index contributed by atoms with van der Waals surface area (Å²) in [7, 11) is 1.13. The zero-order chi connectivity index (χ0) is 22.8. The van der Waals surface area contributed by atoms with Crippen molar-refractivity contribution in [3.63, 3.8) is 0 Å². The Bertz CT molecular complexity index is 882. The Labute approximate surface area is 191 Å². The zero-order valence-corrected chi connectivity index (χ0v) is 20.9. The van der Waals surface area contributed by atoms with Gasteiger partial charge in [0.25, 0.3) is 6.64 Å². The Morgan fingerprint density at radius 3 is 2.52 bits per heavy atom. The van der Waals surface area contributed by atoms with Crippen molar-refractivity contribution in [3.05, 3.63) is 23.8 Å². The minimum atomic E-state index is -3.02. The van der Waals surface area contributed by atoms with Crippen LogP contribution in [0.1, 0.15) is 51.5 Å². The molecule has 1 aromatic rings. The van der Waals surface area contributed by atoms with Gasteiger partial charge in [0.2, 0.25) is 0 Å². The molecule has 1 amide bonds. The van der Waals surface area contributed by atoms with Gasteiger partial charge < -0.3 is 18.9 Å². The highest BCUT2D eigenvalue weighted by Gasteiger charge is 2.40. The molecule has 0 aromatic heterocycles. The summed E-state index contributed by atoms with van der Waals surface area (Å²) in [6.45, 7) is 0.898. The summed E-state index contributed by atoms with van der Waals surface area (Å²) in [5, 5.41) is 9.98. The van der Waals surface area contributed by atoms with Crippen molar-refractivity contribution < 1.29 is 27.9 Å². The number of hydrogen-bond donors (Lipinski definition) is 1. The van der Waals surface area contributed by atoms with Gasteiger partial charge in [0.15, 0.2) is 0 Å². The highest BCUT2D eigenvalue weighted by atomic mass is 32.5. The first-order valence-electron chi connectivity index (χ1n) is 10.3. The summed E-state index contributed by atoms with van der Waals surface area (Å²) >= 11 is 5.64. The molecule has 1 aromatic carbocycles. The predicted molar refractivity (Wildman–Crippen MR) is 125 cm³/mol. The van der Waals surface area contributed by atoms with Gasteiger partial charge in [-0.05, 0) is 44.6 Å². The molecule has 1 heterocycles. The fourth-order valence-corrected chi connectivity index (χ4v) is 8.97. The van der Waals surface area contributed by atoms with Gasteiger partial charge in [0.05, 0.1) is 5.69 Å². The van der Waals surface area contributed by atoms with E-state index in [0.717, 1.165) is 42.6 Å². The molecular weight excluding hydrogens is 459 g/mol. The molecule has 1 fully saturated rings. The average Bonchev–Trinajstić information content (AvgIpc) is 3.06. The normalized spacial score (nSPS) is 19.6. The number of ether oxygens (including phenoxy) is 1. The van der Waals surface area contributed by atoms with E-state index in [1.807, 2.05) is 19.9 Å². The van der Waals surface area contributed by atoms with Crippen LogP contribution in [-0.2, 0) is 38.3 Å². The highest BCUT2D eigenvalue weighted by Crippen LogP contribution is 2.55. The first-order valence-corrected chi connectivity index (χ1v) is 14.2. The molecule has 8 nitrogen and oxygen atoms in total. The molecule has 0 saturated heterocycles. The highest BCUT2D eigenvalue weighted by molar-refractivity contribution is 8.12. The Morgan fingerprint density at radius 1 is 1.29 bits per heavy atom. The molecular formula is C20H31N2O6PS2. The number of para-hydroxylation sites is 1. The summed E-state index contributed by atoms with van der Waals surface area (Å²) in [6, 6.07) is 5.33. The van der Waals surface area contributed by atoms with Crippen LogP contribution >= 0.6 is 6.64 Å². The van der Waals surface area contributed by atoms with Gasteiger partial charge in [-0.2, -0.15) is 0 Å². The van der Waals surface area contributed by atoms with Gasteiger partial charge in [-0.3, -0.25) is 4.90 Å². The largest absolute Gasteiger partial charge is 0.485 e. The second kappa shape index (κ2) is 9.85. The van der Waals surface area contributed by atoms with Crippen molar-refractivity contribution in [2.24, 2.45) is 0 Å². The molecule has 3 rings (SSSR count). The fourth-order valence-electron chi connectivity index (χ4n) is 4.22.